The molecular weight excluding hydrogens is 240 g/mol. The zero-order valence-corrected chi connectivity index (χ0v) is 11.7. The number of benzene rings is 1. The topological polar surface area (TPSA) is 79.5 Å². The summed E-state index contributed by atoms with van der Waals surface area (Å²) in [5, 5.41) is 5.89. The van der Waals surface area contributed by atoms with E-state index in [4.69, 9.17) is 5.73 Å². The van der Waals surface area contributed by atoms with Crippen molar-refractivity contribution in [1.29, 1.82) is 0 Å². The fraction of sp³-hybridized carbons (Fsp3) is 0.429. The Morgan fingerprint density at radius 2 is 2.21 bits per heavy atom. The Labute approximate surface area is 114 Å². The van der Waals surface area contributed by atoms with Gasteiger partial charge in [-0.25, -0.2) is 0 Å². The number of amides is 1. The van der Waals surface area contributed by atoms with Gasteiger partial charge in [-0.1, -0.05) is 19.1 Å². The summed E-state index contributed by atoms with van der Waals surface area (Å²) in [6, 6.07) is 7.70. The molecule has 5 heteroatoms. The van der Waals surface area contributed by atoms with Crippen LogP contribution in [0, 0.1) is 0 Å². The monoisotopic (exact) mass is 262 g/mol. The van der Waals surface area contributed by atoms with Gasteiger partial charge in [0.15, 0.2) is 5.96 Å². The van der Waals surface area contributed by atoms with Crippen molar-refractivity contribution in [2.75, 3.05) is 11.9 Å². The second-order valence-corrected chi connectivity index (χ2v) is 4.44. The van der Waals surface area contributed by atoms with Crippen LogP contribution >= 0.6 is 0 Å². The quantitative estimate of drug-likeness (QED) is 0.561. The molecule has 0 saturated carbocycles. The van der Waals surface area contributed by atoms with E-state index in [0.29, 0.717) is 5.96 Å². The molecule has 1 unspecified atom stereocenters. The molecule has 1 aromatic rings. The second kappa shape index (κ2) is 7.41. The van der Waals surface area contributed by atoms with E-state index in [1.807, 2.05) is 31.2 Å². The van der Waals surface area contributed by atoms with Crippen molar-refractivity contribution in [2.45, 2.75) is 33.2 Å². The summed E-state index contributed by atoms with van der Waals surface area (Å²) < 4.78 is 0. The van der Waals surface area contributed by atoms with Crippen LogP contribution in [-0.4, -0.2) is 18.4 Å². The minimum atomic E-state index is -0.0817. The van der Waals surface area contributed by atoms with Crippen LogP contribution in [0.5, 0.6) is 0 Å². The number of carbonyl (C=O) groups excluding carboxylic acids is 1. The van der Waals surface area contributed by atoms with Gasteiger partial charge in [-0.15, -0.1) is 0 Å². The van der Waals surface area contributed by atoms with E-state index >= 15 is 0 Å². The Hall–Kier alpha value is -2.04. The number of aliphatic imine (C=N–C) groups is 1. The lowest BCUT2D eigenvalue weighted by molar-refractivity contribution is -0.114. The molecule has 0 aliphatic rings. The summed E-state index contributed by atoms with van der Waals surface area (Å²) >= 11 is 0. The van der Waals surface area contributed by atoms with Gasteiger partial charge in [0.25, 0.3) is 0 Å². The Bertz CT molecular complexity index is 457. The molecule has 19 heavy (non-hydrogen) atoms. The average Bonchev–Trinajstić information content (AvgIpc) is 2.35. The first kappa shape index (κ1) is 15.0. The maximum atomic E-state index is 11.0. The Morgan fingerprint density at radius 3 is 2.84 bits per heavy atom. The molecule has 104 valence electrons. The van der Waals surface area contributed by atoms with Crippen LogP contribution in [0.4, 0.5) is 5.69 Å². The molecule has 0 aromatic heterocycles. The molecule has 0 saturated heterocycles. The van der Waals surface area contributed by atoms with E-state index in [1.165, 1.54) is 6.92 Å². The SMILES string of the molecule is CCCN=C(N)NC(C)c1cccc(NC(C)=O)c1. The highest BCUT2D eigenvalue weighted by atomic mass is 16.1. The molecule has 4 N–H and O–H groups in total. The average molecular weight is 262 g/mol. The fourth-order valence-corrected chi connectivity index (χ4v) is 1.67. The van der Waals surface area contributed by atoms with Crippen LogP contribution in [0.3, 0.4) is 0 Å². The van der Waals surface area contributed by atoms with Crippen LogP contribution < -0.4 is 16.4 Å². The summed E-state index contributed by atoms with van der Waals surface area (Å²) in [5.74, 6) is 0.362. The van der Waals surface area contributed by atoms with Crippen LogP contribution in [-0.2, 0) is 4.79 Å². The zero-order chi connectivity index (χ0) is 14.3. The summed E-state index contributed by atoms with van der Waals surface area (Å²) in [6.45, 7) is 6.26. The van der Waals surface area contributed by atoms with Crippen molar-refractivity contribution in [3.63, 3.8) is 0 Å². The first-order chi connectivity index (χ1) is 9.02. The van der Waals surface area contributed by atoms with Crippen molar-refractivity contribution in [1.82, 2.24) is 5.32 Å². The van der Waals surface area contributed by atoms with E-state index in [0.717, 1.165) is 24.2 Å². The number of anilines is 1. The first-order valence-electron chi connectivity index (χ1n) is 6.47. The highest BCUT2D eigenvalue weighted by molar-refractivity contribution is 5.88. The van der Waals surface area contributed by atoms with Gasteiger partial charge in [0.2, 0.25) is 5.91 Å². The number of nitrogens with one attached hydrogen (secondary N) is 2. The Balaban J connectivity index is 2.71. The minimum absolute atomic E-state index is 0.0364. The third-order valence-corrected chi connectivity index (χ3v) is 2.58. The molecule has 1 aromatic carbocycles. The summed E-state index contributed by atoms with van der Waals surface area (Å²) in [5.41, 5.74) is 7.61. The molecule has 0 spiro atoms. The fourth-order valence-electron chi connectivity index (χ4n) is 1.67. The first-order valence-corrected chi connectivity index (χ1v) is 6.47. The van der Waals surface area contributed by atoms with E-state index in [-0.39, 0.29) is 11.9 Å². The molecule has 5 nitrogen and oxygen atoms in total. The second-order valence-electron chi connectivity index (χ2n) is 4.44. The Morgan fingerprint density at radius 1 is 1.47 bits per heavy atom. The summed E-state index contributed by atoms with van der Waals surface area (Å²) in [6.07, 6.45) is 0.967. The predicted molar refractivity (Wildman–Crippen MR) is 79.1 cm³/mol. The normalized spacial score (nSPS) is 12.9. The molecule has 0 bridgehead atoms. The van der Waals surface area contributed by atoms with Gasteiger partial charge in [0.1, 0.15) is 0 Å². The third kappa shape index (κ3) is 5.42. The number of hydrogen-bond donors (Lipinski definition) is 3. The van der Waals surface area contributed by atoms with E-state index in [1.54, 1.807) is 0 Å². The zero-order valence-electron chi connectivity index (χ0n) is 11.7. The molecule has 1 atom stereocenters. The van der Waals surface area contributed by atoms with Gasteiger partial charge in [0, 0.05) is 19.2 Å². The van der Waals surface area contributed by atoms with E-state index in [2.05, 4.69) is 22.5 Å². The lowest BCUT2D eigenvalue weighted by Gasteiger charge is -2.16. The number of guanidine groups is 1. The van der Waals surface area contributed by atoms with Crippen molar-refractivity contribution in [2.24, 2.45) is 10.7 Å². The minimum Gasteiger partial charge on any atom is -0.370 e. The predicted octanol–water partition coefficient (Wildman–Crippen LogP) is 2.02. The number of nitrogens with two attached hydrogens (primary N) is 1. The number of nitrogens with zero attached hydrogens (tertiary/aromatic N) is 1. The van der Waals surface area contributed by atoms with Crippen LogP contribution in [0.25, 0.3) is 0 Å². The molecule has 0 radical (unpaired) electrons. The Kier molecular flexibility index (Phi) is 5.85. The molecule has 0 aliphatic heterocycles. The molecule has 0 heterocycles. The summed E-state index contributed by atoms with van der Waals surface area (Å²) in [4.78, 5) is 15.2. The highest BCUT2D eigenvalue weighted by Crippen LogP contribution is 2.17. The molecule has 0 aliphatic carbocycles. The van der Waals surface area contributed by atoms with Gasteiger partial charge in [0.05, 0.1) is 6.04 Å². The molecule has 0 fully saturated rings. The van der Waals surface area contributed by atoms with Crippen LogP contribution in [0.1, 0.15) is 38.8 Å². The lowest BCUT2D eigenvalue weighted by Crippen LogP contribution is -2.34. The maximum Gasteiger partial charge on any atom is 0.221 e. The molecule has 1 amide bonds. The maximum absolute atomic E-state index is 11.0. The van der Waals surface area contributed by atoms with Gasteiger partial charge < -0.3 is 16.4 Å². The summed E-state index contributed by atoms with van der Waals surface area (Å²) in [7, 11) is 0. The van der Waals surface area contributed by atoms with Crippen molar-refractivity contribution in [3.05, 3.63) is 29.8 Å². The van der Waals surface area contributed by atoms with Gasteiger partial charge >= 0.3 is 0 Å². The third-order valence-electron chi connectivity index (χ3n) is 2.58. The van der Waals surface area contributed by atoms with Crippen LogP contribution in [0.2, 0.25) is 0 Å². The van der Waals surface area contributed by atoms with Gasteiger partial charge in [-0.2, -0.15) is 0 Å². The number of hydrogen-bond acceptors (Lipinski definition) is 2. The highest BCUT2D eigenvalue weighted by Gasteiger charge is 2.07. The number of rotatable bonds is 5. The van der Waals surface area contributed by atoms with Crippen molar-refractivity contribution < 1.29 is 4.79 Å². The number of carbonyl (C=O) groups is 1. The van der Waals surface area contributed by atoms with Gasteiger partial charge in [-0.3, -0.25) is 9.79 Å². The standard InChI is InChI=1S/C14H22N4O/c1-4-8-16-14(15)17-10(2)12-6-5-7-13(9-12)18-11(3)19/h5-7,9-10H,4,8H2,1-3H3,(H,18,19)(H3,15,16,17). The van der Waals surface area contributed by atoms with Gasteiger partial charge in [-0.05, 0) is 31.0 Å². The lowest BCUT2D eigenvalue weighted by atomic mass is 10.1. The molecular formula is C14H22N4O. The van der Waals surface area contributed by atoms with Crippen molar-refractivity contribution in [3.8, 4) is 0 Å². The molecule has 1 rings (SSSR count). The van der Waals surface area contributed by atoms with Crippen LogP contribution in [0.15, 0.2) is 29.3 Å². The van der Waals surface area contributed by atoms with Crippen molar-refractivity contribution >= 4 is 17.6 Å². The smallest absolute Gasteiger partial charge is 0.221 e. The largest absolute Gasteiger partial charge is 0.370 e. The van der Waals surface area contributed by atoms with E-state index in [9.17, 15) is 4.79 Å². The van der Waals surface area contributed by atoms with E-state index < -0.39 is 0 Å².